The molecule has 1 rings (SSSR count). The van der Waals surface area contributed by atoms with Crippen LogP contribution < -0.4 is 5.32 Å². The van der Waals surface area contributed by atoms with E-state index in [0.717, 1.165) is 11.5 Å². The molecule has 15 heavy (non-hydrogen) atoms. The van der Waals surface area contributed by atoms with E-state index in [4.69, 9.17) is 5.11 Å². The first-order valence-corrected chi connectivity index (χ1v) is 5.54. The van der Waals surface area contributed by atoms with E-state index in [0.29, 0.717) is 10.6 Å². The number of nitrogens with one attached hydrogen (secondary N) is 1. The first-order valence-electron chi connectivity index (χ1n) is 4.77. The molecule has 0 radical (unpaired) electrons. The summed E-state index contributed by atoms with van der Waals surface area (Å²) in [6, 6.07) is -0.0657. The molecule has 2 atom stereocenters. The van der Waals surface area contributed by atoms with Gasteiger partial charge >= 0.3 is 0 Å². The molecule has 0 bridgehead atoms. The number of nitrogens with zero attached hydrogens (tertiary/aromatic N) is 2. The minimum absolute atomic E-state index is 0.0372. The minimum atomic E-state index is -0.171. The Balaban J connectivity index is 2.60. The van der Waals surface area contributed by atoms with Gasteiger partial charge in [0.15, 0.2) is 0 Å². The van der Waals surface area contributed by atoms with E-state index >= 15 is 0 Å². The topological polar surface area (TPSA) is 75.1 Å². The number of hydrogen-bond donors (Lipinski definition) is 2. The van der Waals surface area contributed by atoms with E-state index < -0.39 is 0 Å². The largest absolute Gasteiger partial charge is 0.396 e. The summed E-state index contributed by atoms with van der Waals surface area (Å²) in [4.78, 5) is 12.2. The highest BCUT2D eigenvalue weighted by Gasteiger charge is 2.18. The zero-order valence-corrected chi connectivity index (χ0v) is 9.84. The molecule has 0 saturated heterocycles. The molecule has 0 spiro atoms. The quantitative estimate of drug-likeness (QED) is 0.792. The van der Waals surface area contributed by atoms with Crippen LogP contribution in [0.3, 0.4) is 0 Å². The molecule has 0 aliphatic carbocycles. The van der Waals surface area contributed by atoms with Gasteiger partial charge in [-0.1, -0.05) is 11.4 Å². The van der Waals surface area contributed by atoms with Crippen molar-refractivity contribution in [3.63, 3.8) is 0 Å². The van der Waals surface area contributed by atoms with Gasteiger partial charge in [0.1, 0.15) is 4.88 Å². The lowest BCUT2D eigenvalue weighted by Crippen LogP contribution is -2.38. The maximum absolute atomic E-state index is 11.7. The molecule has 2 unspecified atom stereocenters. The molecular formula is C9H15N3O2S. The number of aliphatic hydroxyl groups is 1. The molecule has 1 heterocycles. The highest BCUT2D eigenvalue weighted by molar-refractivity contribution is 7.07. The van der Waals surface area contributed by atoms with Crippen molar-refractivity contribution >= 4 is 17.4 Å². The first kappa shape index (κ1) is 12.1. The summed E-state index contributed by atoms with van der Waals surface area (Å²) < 4.78 is 3.70. The fraction of sp³-hybridized carbons (Fsp3) is 0.667. The third kappa shape index (κ3) is 2.97. The van der Waals surface area contributed by atoms with Crippen LogP contribution in [0.15, 0.2) is 0 Å². The van der Waals surface area contributed by atoms with E-state index in [9.17, 15) is 4.79 Å². The van der Waals surface area contributed by atoms with Gasteiger partial charge in [-0.25, -0.2) is 0 Å². The molecule has 6 heteroatoms. The monoisotopic (exact) mass is 229 g/mol. The number of aryl methyl sites for hydroxylation is 1. The molecule has 0 fully saturated rings. The second kappa shape index (κ2) is 5.18. The number of amides is 1. The Morgan fingerprint density at radius 2 is 2.27 bits per heavy atom. The molecule has 84 valence electrons. The van der Waals surface area contributed by atoms with Crippen molar-refractivity contribution < 1.29 is 9.90 Å². The molecule has 0 saturated carbocycles. The van der Waals surface area contributed by atoms with Gasteiger partial charge in [-0.05, 0) is 31.3 Å². The van der Waals surface area contributed by atoms with Crippen molar-refractivity contribution in [1.29, 1.82) is 0 Å². The Bertz CT molecular complexity index is 340. The van der Waals surface area contributed by atoms with E-state index in [2.05, 4.69) is 14.9 Å². The van der Waals surface area contributed by atoms with Gasteiger partial charge in [-0.3, -0.25) is 4.79 Å². The fourth-order valence-electron chi connectivity index (χ4n) is 1.01. The van der Waals surface area contributed by atoms with Crippen molar-refractivity contribution in [3.05, 3.63) is 10.6 Å². The van der Waals surface area contributed by atoms with Crippen molar-refractivity contribution in [2.45, 2.75) is 26.8 Å². The van der Waals surface area contributed by atoms with Crippen LogP contribution in [-0.4, -0.2) is 33.2 Å². The van der Waals surface area contributed by atoms with Crippen LogP contribution in [0.4, 0.5) is 0 Å². The van der Waals surface area contributed by atoms with E-state index in [1.54, 1.807) is 6.92 Å². The Hall–Kier alpha value is -1.01. The molecule has 0 aliphatic heterocycles. The van der Waals surface area contributed by atoms with Crippen LogP contribution in [0, 0.1) is 12.8 Å². The second-order valence-corrected chi connectivity index (χ2v) is 4.36. The average Bonchev–Trinajstić information content (AvgIpc) is 2.63. The predicted molar refractivity (Wildman–Crippen MR) is 57.8 cm³/mol. The SMILES string of the molecule is Cc1nnsc1C(=O)NC(C)C(C)CO. The molecule has 0 aliphatic rings. The van der Waals surface area contributed by atoms with Crippen LogP contribution in [0.5, 0.6) is 0 Å². The highest BCUT2D eigenvalue weighted by Crippen LogP contribution is 2.10. The summed E-state index contributed by atoms with van der Waals surface area (Å²) in [7, 11) is 0. The Morgan fingerprint density at radius 1 is 1.60 bits per heavy atom. The third-order valence-electron chi connectivity index (χ3n) is 2.36. The van der Waals surface area contributed by atoms with E-state index in [-0.39, 0.29) is 24.5 Å². The molecule has 5 nitrogen and oxygen atoms in total. The Labute approximate surface area is 92.7 Å². The summed E-state index contributed by atoms with van der Waals surface area (Å²) >= 11 is 1.08. The maximum atomic E-state index is 11.7. The van der Waals surface area contributed by atoms with Crippen molar-refractivity contribution in [2.24, 2.45) is 5.92 Å². The van der Waals surface area contributed by atoms with Gasteiger partial charge in [0.2, 0.25) is 0 Å². The number of aliphatic hydroxyl groups excluding tert-OH is 1. The normalized spacial score (nSPS) is 14.7. The lowest BCUT2D eigenvalue weighted by atomic mass is 10.1. The number of hydrogen-bond acceptors (Lipinski definition) is 5. The van der Waals surface area contributed by atoms with Crippen molar-refractivity contribution in [2.75, 3.05) is 6.61 Å². The van der Waals surface area contributed by atoms with Gasteiger partial charge in [-0.15, -0.1) is 5.10 Å². The Morgan fingerprint density at radius 3 is 2.73 bits per heavy atom. The van der Waals surface area contributed by atoms with Gasteiger partial charge in [-0.2, -0.15) is 0 Å². The number of carbonyl (C=O) groups is 1. The van der Waals surface area contributed by atoms with Crippen molar-refractivity contribution in [3.8, 4) is 0 Å². The lowest BCUT2D eigenvalue weighted by molar-refractivity contribution is 0.0919. The number of rotatable bonds is 4. The Kier molecular flexibility index (Phi) is 4.16. The standard InChI is InChI=1S/C9H15N3O2S/c1-5(4-13)6(2)10-9(14)8-7(3)11-12-15-8/h5-6,13H,4H2,1-3H3,(H,10,14). The van der Waals surface area contributed by atoms with Crippen LogP contribution >= 0.6 is 11.5 Å². The van der Waals surface area contributed by atoms with Crippen LogP contribution in [0.2, 0.25) is 0 Å². The summed E-state index contributed by atoms with van der Waals surface area (Å²) in [6.45, 7) is 5.55. The van der Waals surface area contributed by atoms with Crippen molar-refractivity contribution in [1.82, 2.24) is 14.9 Å². The minimum Gasteiger partial charge on any atom is -0.396 e. The zero-order chi connectivity index (χ0) is 11.4. The summed E-state index contributed by atoms with van der Waals surface area (Å²) in [6.07, 6.45) is 0. The smallest absolute Gasteiger partial charge is 0.265 e. The van der Waals surface area contributed by atoms with E-state index in [1.807, 2.05) is 13.8 Å². The van der Waals surface area contributed by atoms with Crippen LogP contribution in [0.1, 0.15) is 29.2 Å². The van der Waals surface area contributed by atoms with Gasteiger partial charge < -0.3 is 10.4 Å². The van der Waals surface area contributed by atoms with Gasteiger partial charge in [0.05, 0.1) is 5.69 Å². The lowest BCUT2D eigenvalue weighted by Gasteiger charge is -2.18. The summed E-state index contributed by atoms with van der Waals surface area (Å²) in [5.41, 5.74) is 0.640. The number of aromatic nitrogens is 2. The zero-order valence-electron chi connectivity index (χ0n) is 9.02. The molecule has 1 aromatic heterocycles. The summed E-state index contributed by atoms with van der Waals surface area (Å²) in [5.74, 6) is -0.134. The molecule has 1 aromatic rings. The van der Waals surface area contributed by atoms with Gasteiger partial charge in [0, 0.05) is 12.6 Å². The maximum Gasteiger partial charge on any atom is 0.265 e. The molecular weight excluding hydrogens is 214 g/mol. The fourth-order valence-corrected chi connectivity index (χ4v) is 1.57. The highest BCUT2D eigenvalue weighted by atomic mass is 32.1. The van der Waals surface area contributed by atoms with Crippen LogP contribution in [0.25, 0.3) is 0 Å². The molecule has 2 N–H and O–H groups in total. The van der Waals surface area contributed by atoms with Crippen LogP contribution in [-0.2, 0) is 0 Å². The van der Waals surface area contributed by atoms with E-state index in [1.165, 1.54) is 0 Å². The molecule has 0 aromatic carbocycles. The first-order chi connectivity index (χ1) is 7.06. The molecule has 1 amide bonds. The van der Waals surface area contributed by atoms with Gasteiger partial charge in [0.25, 0.3) is 5.91 Å². The second-order valence-electron chi connectivity index (χ2n) is 3.61. The third-order valence-corrected chi connectivity index (χ3v) is 3.18. The average molecular weight is 229 g/mol. The summed E-state index contributed by atoms with van der Waals surface area (Å²) in [5, 5.41) is 15.5. The predicted octanol–water partition coefficient (Wildman–Crippen LogP) is 0.593. The number of carbonyl (C=O) groups excluding carboxylic acids is 1.